The van der Waals surface area contributed by atoms with E-state index in [4.69, 9.17) is 9.47 Å². The first kappa shape index (κ1) is 20.1. The summed E-state index contributed by atoms with van der Waals surface area (Å²) in [6.45, 7) is 7.62. The van der Waals surface area contributed by atoms with E-state index in [0.717, 1.165) is 23.1 Å². The van der Waals surface area contributed by atoms with Crippen LogP contribution in [0.3, 0.4) is 0 Å². The second-order valence-corrected chi connectivity index (χ2v) is 7.94. The number of esters is 1. The van der Waals surface area contributed by atoms with Crippen molar-refractivity contribution in [2.45, 2.75) is 58.7 Å². The quantitative estimate of drug-likeness (QED) is 0.673. The van der Waals surface area contributed by atoms with Crippen LogP contribution in [0.5, 0.6) is 5.75 Å². The Labute approximate surface area is 166 Å². The minimum atomic E-state index is -0.968. The maximum absolute atomic E-state index is 13.5. The lowest BCUT2D eigenvalue weighted by Gasteiger charge is -2.25. The van der Waals surface area contributed by atoms with Crippen molar-refractivity contribution in [3.8, 4) is 5.75 Å². The third-order valence-electron chi connectivity index (χ3n) is 5.18. The minimum Gasteiger partial charge on any atom is -0.481 e. The van der Waals surface area contributed by atoms with Gasteiger partial charge in [0.05, 0.1) is 5.92 Å². The van der Waals surface area contributed by atoms with E-state index in [0.29, 0.717) is 18.1 Å². The lowest BCUT2D eigenvalue weighted by atomic mass is 9.84. The Morgan fingerprint density at radius 2 is 1.79 bits per heavy atom. The zero-order valence-corrected chi connectivity index (χ0v) is 17.0. The molecule has 0 aromatic heterocycles. The molecule has 1 aliphatic heterocycles. The number of para-hydroxylation sites is 1. The highest BCUT2D eigenvalue weighted by molar-refractivity contribution is 5.93. The second kappa shape index (κ2) is 8.59. The van der Waals surface area contributed by atoms with E-state index in [2.05, 4.69) is 13.8 Å². The third kappa shape index (κ3) is 4.44. The highest BCUT2D eigenvalue weighted by Gasteiger charge is 2.42. The van der Waals surface area contributed by atoms with E-state index in [1.54, 1.807) is 0 Å². The van der Waals surface area contributed by atoms with Crippen molar-refractivity contribution >= 4 is 11.8 Å². The highest BCUT2D eigenvalue weighted by atomic mass is 16.6. The largest absolute Gasteiger partial charge is 0.481 e. The van der Waals surface area contributed by atoms with Gasteiger partial charge in [-0.1, -0.05) is 61.9 Å². The summed E-state index contributed by atoms with van der Waals surface area (Å²) < 4.78 is 11.8. The van der Waals surface area contributed by atoms with Gasteiger partial charge < -0.3 is 9.47 Å². The number of aryl methyl sites for hydroxylation is 1. The van der Waals surface area contributed by atoms with E-state index in [1.807, 2.05) is 55.5 Å². The van der Waals surface area contributed by atoms with Gasteiger partial charge in [-0.3, -0.25) is 9.59 Å². The van der Waals surface area contributed by atoms with Crippen LogP contribution < -0.4 is 4.74 Å². The van der Waals surface area contributed by atoms with E-state index >= 15 is 0 Å². The molecule has 0 saturated heterocycles. The molecule has 2 aromatic rings. The molecule has 4 heteroatoms. The number of carbonyl (C=O) groups is 2. The number of benzene rings is 2. The number of rotatable bonds is 5. The predicted octanol–water partition coefficient (Wildman–Crippen LogP) is 5.15. The van der Waals surface area contributed by atoms with Crippen molar-refractivity contribution in [1.82, 2.24) is 0 Å². The molecule has 0 fully saturated rings. The Balaban J connectivity index is 2.07. The molecule has 0 N–H and O–H groups in total. The summed E-state index contributed by atoms with van der Waals surface area (Å²) in [5.41, 5.74) is 2.81. The van der Waals surface area contributed by atoms with Gasteiger partial charge in [0.1, 0.15) is 5.75 Å². The van der Waals surface area contributed by atoms with Gasteiger partial charge >= 0.3 is 5.97 Å². The van der Waals surface area contributed by atoms with E-state index in [1.165, 1.54) is 6.92 Å². The number of carbonyl (C=O) groups excluding carboxylic acids is 2. The SMILES string of the molecule is CC(=O)OC1C(=O)C(CCC(C)C)c2ccccc2OC1c1ccc(C)cc1. The van der Waals surface area contributed by atoms with Gasteiger partial charge in [0.25, 0.3) is 0 Å². The number of hydrogen-bond acceptors (Lipinski definition) is 4. The lowest BCUT2D eigenvalue weighted by Crippen LogP contribution is -2.36. The van der Waals surface area contributed by atoms with Crippen molar-refractivity contribution in [3.63, 3.8) is 0 Å². The molecule has 1 heterocycles. The maximum Gasteiger partial charge on any atom is 0.303 e. The van der Waals surface area contributed by atoms with Crippen LogP contribution >= 0.6 is 0 Å². The van der Waals surface area contributed by atoms with Crippen LogP contribution in [0.2, 0.25) is 0 Å². The van der Waals surface area contributed by atoms with Crippen LogP contribution in [0.1, 0.15) is 62.3 Å². The molecule has 28 heavy (non-hydrogen) atoms. The van der Waals surface area contributed by atoms with Crippen molar-refractivity contribution in [3.05, 3.63) is 65.2 Å². The van der Waals surface area contributed by atoms with E-state index in [9.17, 15) is 9.59 Å². The molecule has 3 rings (SSSR count). The fourth-order valence-electron chi connectivity index (χ4n) is 3.67. The van der Waals surface area contributed by atoms with Crippen LogP contribution in [-0.2, 0) is 14.3 Å². The number of ether oxygens (including phenoxy) is 2. The van der Waals surface area contributed by atoms with Crippen molar-refractivity contribution in [1.29, 1.82) is 0 Å². The van der Waals surface area contributed by atoms with Gasteiger partial charge in [-0.25, -0.2) is 0 Å². The minimum absolute atomic E-state index is 0.0913. The zero-order chi connectivity index (χ0) is 20.3. The normalized spacial score (nSPS) is 21.6. The summed E-state index contributed by atoms with van der Waals surface area (Å²) in [5, 5.41) is 0. The first-order valence-electron chi connectivity index (χ1n) is 9.90. The van der Waals surface area contributed by atoms with Gasteiger partial charge in [-0.05, 0) is 37.3 Å². The van der Waals surface area contributed by atoms with Crippen molar-refractivity contribution in [2.75, 3.05) is 0 Å². The molecule has 0 radical (unpaired) electrons. The maximum atomic E-state index is 13.5. The summed E-state index contributed by atoms with van der Waals surface area (Å²) in [6, 6.07) is 15.5. The van der Waals surface area contributed by atoms with E-state index in [-0.39, 0.29) is 11.7 Å². The molecule has 0 aliphatic carbocycles. The summed E-state index contributed by atoms with van der Waals surface area (Å²) in [4.78, 5) is 25.4. The Bertz CT molecular complexity index is 838. The fourth-order valence-corrected chi connectivity index (χ4v) is 3.67. The van der Waals surface area contributed by atoms with Crippen molar-refractivity contribution in [2.24, 2.45) is 5.92 Å². The van der Waals surface area contributed by atoms with Gasteiger partial charge in [0.15, 0.2) is 11.9 Å². The lowest BCUT2D eigenvalue weighted by molar-refractivity contribution is -0.159. The first-order valence-corrected chi connectivity index (χ1v) is 9.90. The van der Waals surface area contributed by atoms with Crippen LogP contribution in [0.25, 0.3) is 0 Å². The van der Waals surface area contributed by atoms with Gasteiger partial charge in [0, 0.05) is 12.5 Å². The number of ketones is 1. The molecule has 0 bridgehead atoms. The molecular formula is C24H28O4. The Morgan fingerprint density at radius 1 is 1.11 bits per heavy atom. The second-order valence-electron chi connectivity index (χ2n) is 7.94. The Hall–Kier alpha value is -2.62. The summed E-state index contributed by atoms with van der Waals surface area (Å²) in [6.07, 6.45) is -0.0194. The smallest absolute Gasteiger partial charge is 0.303 e. The molecule has 0 saturated carbocycles. The summed E-state index contributed by atoms with van der Waals surface area (Å²) >= 11 is 0. The summed E-state index contributed by atoms with van der Waals surface area (Å²) in [7, 11) is 0. The highest BCUT2D eigenvalue weighted by Crippen LogP contribution is 2.41. The molecule has 148 valence electrons. The molecule has 4 nitrogen and oxygen atoms in total. The first-order chi connectivity index (χ1) is 13.4. The monoisotopic (exact) mass is 380 g/mol. The summed E-state index contributed by atoms with van der Waals surface area (Å²) in [5.74, 6) is 0.242. The van der Waals surface area contributed by atoms with Crippen LogP contribution in [-0.4, -0.2) is 17.9 Å². The number of fused-ring (bicyclic) bond motifs is 1. The van der Waals surface area contributed by atoms with Crippen LogP contribution in [0.4, 0.5) is 0 Å². The molecule has 3 atom stereocenters. The zero-order valence-electron chi connectivity index (χ0n) is 17.0. The number of Topliss-reactive ketones (excluding diaryl/α,β-unsaturated/α-hetero) is 1. The molecular weight excluding hydrogens is 352 g/mol. The average Bonchev–Trinajstić information content (AvgIpc) is 2.76. The van der Waals surface area contributed by atoms with Crippen LogP contribution in [0.15, 0.2) is 48.5 Å². The Morgan fingerprint density at radius 3 is 2.43 bits per heavy atom. The van der Waals surface area contributed by atoms with Gasteiger partial charge in [-0.2, -0.15) is 0 Å². The molecule has 2 aromatic carbocycles. The third-order valence-corrected chi connectivity index (χ3v) is 5.18. The predicted molar refractivity (Wildman–Crippen MR) is 108 cm³/mol. The van der Waals surface area contributed by atoms with Crippen molar-refractivity contribution < 1.29 is 19.1 Å². The van der Waals surface area contributed by atoms with Crippen LogP contribution in [0, 0.1) is 12.8 Å². The molecule has 3 unspecified atom stereocenters. The van der Waals surface area contributed by atoms with Gasteiger partial charge in [0.2, 0.25) is 6.10 Å². The topological polar surface area (TPSA) is 52.6 Å². The van der Waals surface area contributed by atoms with Gasteiger partial charge in [-0.15, -0.1) is 0 Å². The molecule has 0 amide bonds. The Kier molecular flexibility index (Phi) is 6.18. The molecule has 1 aliphatic rings. The standard InChI is InChI=1S/C24H28O4/c1-15(2)9-14-20-19-7-5-6-8-21(19)28-23(18-12-10-16(3)11-13-18)24(22(20)26)27-17(4)25/h5-8,10-13,15,20,23-24H,9,14H2,1-4H3. The molecule has 0 spiro atoms. The average molecular weight is 380 g/mol. The van der Waals surface area contributed by atoms with E-state index < -0.39 is 18.2 Å². The fraction of sp³-hybridized carbons (Fsp3) is 0.417. The number of hydrogen-bond donors (Lipinski definition) is 0.